The number of hydrogen-bond donors (Lipinski definition) is 1. The Labute approximate surface area is 204 Å². The first-order valence-corrected chi connectivity index (χ1v) is 12.7. The van der Waals surface area contributed by atoms with E-state index in [0.717, 1.165) is 43.2 Å². The predicted octanol–water partition coefficient (Wildman–Crippen LogP) is 5.52. The number of para-hydroxylation sites is 1. The number of benzene rings is 3. The minimum absolute atomic E-state index is 0.103. The van der Waals surface area contributed by atoms with E-state index in [1.54, 1.807) is 0 Å². The van der Waals surface area contributed by atoms with Crippen LogP contribution in [0.2, 0.25) is 0 Å². The van der Waals surface area contributed by atoms with Gasteiger partial charge >= 0.3 is 0 Å². The Morgan fingerprint density at radius 1 is 1.06 bits per heavy atom. The molecule has 0 saturated carbocycles. The average Bonchev–Trinajstić information content (AvgIpc) is 3.36. The van der Waals surface area contributed by atoms with Crippen molar-refractivity contribution in [1.29, 1.82) is 0 Å². The van der Waals surface area contributed by atoms with Crippen LogP contribution in [0.15, 0.2) is 78.2 Å². The molecule has 0 spiro atoms. The van der Waals surface area contributed by atoms with Gasteiger partial charge in [0, 0.05) is 25.0 Å². The number of piperidine rings is 1. The third-order valence-corrected chi connectivity index (χ3v) is 7.14. The molecule has 4 aromatic rings. The van der Waals surface area contributed by atoms with Gasteiger partial charge in [0.1, 0.15) is 23.1 Å². The topological polar surface area (TPSA) is 54.5 Å². The number of amides is 1. The van der Waals surface area contributed by atoms with Crippen molar-refractivity contribution >= 4 is 28.0 Å². The minimum atomic E-state index is -0.103. The van der Waals surface area contributed by atoms with Crippen molar-refractivity contribution in [1.82, 2.24) is 15.2 Å². The standard InChI is InChI=1S/C28H29N3O2S/c32-28(26-20-34-27(30-26)19-33-24-12-2-1-3-13-24)29-16-21-8-7-15-31(17-21)18-23-11-6-10-22-9-4-5-14-25(22)23/h1-6,9-14,20-21H,7-8,15-19H2,(H,29,32)/t21-/m0/s1. The van der Waals surface area contributed by atoms with E-state index in [-0.39, 0.29) is 5.91 Å². The van der Waals surface area contributed by atoms with E-state index in [1.807, 2.05) is 35.7 Å². The van der Waals surface area contributed by atoms with Gasteiger partial charge in [0.05, 0.1) is 0 Å². The Hall–Kier alpha value is -3.22. The van der Waals surface area contributed by atoms with Crippen molar-refractivity contribution in [3.8, 4) is 5.75 Å². The van der Waals surface area contributed by atoms with Crippen molar-refractivity contribution in [3.63, 3.8) is 0 Å². The van der Waals surface area contributed by atoms with Gasteiger partial charge in [-0.25, -0.2) is 4.98 Å². The SMILES string of the molecule is O=C(NC[C@@H]1CCCN(Cc2cccc3ccccc23)C1)c1csc(COc2ccccc2)n1. The fourth-order valence-electron chi connectivity index (χ4n) is 4.60. The summed E-state index contributed by atoms with van der Waals surface area (Å²) >= 11 is 1.46. The van der Waals surface area contributed by atoms with Crippen LogP contribution in [-0.4, -0.2) is 35.4 Å². The highest BCUT2D eigenvalue weighted by molar-refractivity contribution is 7.09. The van der Waals surface area contributed by atoms with Gasteiger partial charge in [-0.15, -0.1) is 11.3 Å². The highest BCUT2D eigenvalue weighted by atomic mass is 32.1. The van der Waals surface area contributed by atoms with Crippen LogP contribution in [0, 0.1) is 5.92 Å². The second-order valence-corrected chi connectivity index (χ2v) is 9.76. The quantitative estimate of drug-likeness (QED) is 0.368. The van der Waals surface area contributed by atoms with E-state index in [9.17, 15) is 4.79 Å². The lowest BCUT2D eigenvalue weighted by atomic mass is 9.96. The van der Waals surface area contributed by atoms with Crippen LogP contribution in [0.5, 0.6) is 5.75 Å². The first-order valence-electron chi connectivity index (χ1n) is 11.8. The van der Waals surface area contributed by atoms with E-state index in [1.165, 1.54) is 27.7 Å². The summed E-state index contributed by atoms with van der Waals surface area (Å²) in [7, 11) is 0. The lowest BCUT2D eigenvalue weighted by Crippen LogP contribution is -2.40. The average molecular weight is 472 g/mol. The summed E-state index contributed by atoms with van der Waals surface area (Å²) in [5, 5.41) is 8.34. The zero-order valence-corrected chi connectivity index (χ0v) is 20.0. The summed E-state index contributed by atoms with van der Waals surface area (Å²) in [5.41, 5.74) is 1.84. The molecule has 3 aromatic carbocycles. The van der Waals surface area contributed by atoms with E-state index in [0.29, 0.717) is 24.8 Å². The maximum Gasteiger partial charge on any atom is 0.270 e. The molecule has 0 radical (unpaired) electrons. The summed E-state index contributed by atoms with van der Waals surface area (Å²) in [4.78, 5) is 19.7. The Bertz CT molecular complexity index is 1240. The van der Waals surface area contributed by atoms with E-state index in [4.69, 9.17) is 4.74 Å². The molecule has 0 aliphatic carbocycles. The van der Waals surface area contributed by atoms with Gasteiger partial charge in [0.15, 0.2) is 0 Å². The Kier molecular flexibility index (Phi) is 7.17. The zero-order valence-electron chi connectivity index (χ0n) is 19.2. The smallest absolute Gasteiger partial charge is 0.270 e. The number of nitrogens with zero attached hydrogens (tertiary/aromatic N) is 2. The number of rotatable bonds is 8. The second-order valence-electron chi connectivity index (χ2n) is 8.82. The summed E-state index contributed by atoms with van der Waals surface area (Å²) < 4.78 is 5.74. The number of ether oxygens (including phenoxy) is 1. The summed E-state index contributed by atoms with van der Waals surface area (Å²) in [6.07, 6.45) is 2.29. The maximum atomic E-state index is 12.7. The molecule has 174 valence electrons. The lowest BCUT2D eigenvalue weighted by Gasteiger charge is -2.33. The molecule has 1 amide bonds. The van der Waals surface area contributed by atoms with Gasteiger partial charge in [-0.3, -0.25) is 9.69 Å². The van der Waals surface area contributed by atoms with Crippen LogP contribution in [0.1, 0.15) is 33.9 Å². The number of thiazole rings is 1. The summed E-state index contributed by atoms with van der Waals surface area (Å²) in [5.74, 6) is 1.15. The number of fused-ring (bicyclic) bond motifs is 1. The summed E-state index contributed by atoms with van der Waals surface area (Å²) in [6.45, 7) is 4.09. The molecule has 6 heteroatoms. The third-order valence-electron chi connectivity index (χ3n) is 6.32. The fourth-order valence-corrected chi connectivity index (χ4v) is 5.29. The number of hydrogen-bond acceptors (Lipinski definition) is 5. The Morgan fingerprint density at radius 3 is 2.79 bits per heavy atom. The number of carbonyl (C=O) groups is 1. The van der Waals surface area contributed by atoms with Crippen LogP contribution in [-0.2, 0) is 13.2 Å². The van der Waals surface area contributed by atoms with Crippen LogP contribution in [0.3, 0.4) is 0 Å². The molecule has 5 rings (SSSR count). The fraction of sp³-hybridized carbons (Fsp3) is 0.286. The molecule has 0 unspecified atom stereocenters. The molecule has 1 aromatic heterocycles. The summed E-state index contributed by atoms with van der Waals surface area (Å²) in [6, 6.07) is 24.8. The Balaban J connectivity index is 1.12. The molecule has 1 aliphatic heterocycles. The molecule has 2 heterocycles. The van der Waals surface area contributed by atoms with Crippen molar-refractivity contribution in [2.75, 3.05) is 19.6 Å². The Morgan fingerprint density at radius 2 is 1.88 bits per heavy atom. The lowest BCUT2D eigenvalue weighted by molar-refractivity contribution is 0.0926. The third kappa shape index (κ3) is 5.64. The van der Waals surface area contributed by atoms with Crippen LogP contribution < -0.4 is 10.1 Å². The van der Waals surface area contributed by atoms with Crippen LogP contribution in [0.4, 0.5) is 0 Å². The van der Waals surface area contributed by atoms with Crippen molar-refractivity contribution in [2.24, 2.45) is 5.92 Å². The minimum Gasteiger partial charge on any atom is -0.486 e. The molecule has 34 heavy (non-hydrogen) atoms. The molecule has 5 nitrogen and oxygen atoms in total. The number of aromatic nitrogens is 1. The highest BCUT2D eigenvalue weighted by Crippen LogP contribution is 2.23. The zero-order chi connectivity index (χ0) is 23.2. The molecular formula is C28H29N3O2S. The van der Waals surface area contributed by atoms with Crippen LogP contribution in [0.25, 0.3) is 10.8 Å². The predicted molar refractivity (Wildman–Crippen MR) is 137 cm³/mol. The highest BCUT2D eigenvalue weighted by Gasteiger charge is 2.22. The van der Waals surface area contributed by atoms with Gasteiger partial charge in [-0.1, -0.05) is 60.7 Å². The number of likely N-dealkylation sites (tertiary alicyclic amines) is 1. The van der Waals surface area contributed by atoms with E-state index < -0.39 is 0 Å². The van der Waals surface area contributed by atoms with Crippen molar-refractivity contribution in [3.05, 3.63) is 94.4 Å². The maximum absolute atomic E-state index is 12.7. The van der Waals surface area contributed by atoms with Gasteiger partial charge in [0.25, 0.3) is 5.91 Å². The monoisotopic (exact) mass is 471 g/mol. The molecule has 1 aliphatic rings. The van der Waals surface area contributed by atoms with E-state index >= 15 is 0 Å². The molecule has 1 N–H and O–H groups in total. The van der Waals surface area contributed by atoms with Gasteiger partial charge in [-0.05, 0) is 53.8 Å². The molecular weight excluding hydrogens is 442 g/mol. The first-order chi connectivity index (χ1) is 16.7. The number of nitrogens with one attached hydrogen (secondary N) is 1. The van der Waals surface area contributed by atoms with E-state index in [2.05, 4.69) is 57.7 Å². The van der Waals surface area contributed by atoms with Crippen LogP contribution >= 0.6 is 11.3 Å². The molecule has 0 bridgehead atoms. The van der Waals surface area contributed by atoms with Gasteiger partial charge < -0.3 is 10.1 Å². The normalized spacial score (nSPS) is 16.4. The second kappa shape index (κ2) is 10.8. The van der Waals surface area contributed by atoms with Gasteiger partial charge in [-0.2, -0.15) is 0 Å². The molecule has 1 atom stereocenters. The molecule has 1 saturated heterocycles. The first kappa shape index (κ1) is 22.6. The largest absolute Gasteiger partial charge is 0.486 e. The number of carbonyl (C=O) groups excluding carboxylic acids is 1. The van der Waals surface area contributed by atoms with Crippen molar-refractivity contribution < 1.29 is 9.53 Å². The van der Waals surface area contributed by atoms with Gasteiger partial charge in [0.2, 0.25) is 0 Å². The molecule has 1 fully saturated rings. The van der Waals surface area contributed by atoms with Crippen molar-refractivity contribution in [2.45, 2.75) is 26.0 Å².